The van der Waals surface area contributed by atoms with E-state index >= 15 is 0 Å². The first-order valence-electron chi connectivity index (χ1n) is 11.2. The van der Waals surface area contributed by atoms with E-state index in [0.29, 0.717) is 17.0 Å². The highest BCUT2D eigenvalue weighted by atomic mass is 16.4. The molecule has 0 radical (unpaired) electrons. The summed E-state index contributed by atoms with van der Waals surface area (Å²) >= 11 is 0. The van der Waals surface area contributed by atoms with Gasteiger partial charge in [0.1, 0.15) is 0 Å². The van der Waals surface area contributed by atoms with Crippen molar-refractivity contribution in [1.29, 1.82) is 0 Å². The van der Waals surface area contributed by atoms with Gasteiger partial charge in [-0.15, -0.1) is 0 Å². The first-order chi connectivity index (χ1) is 15.4. The number of carboxylic acid groups (broad SMARTS) is 2. The van der Waals surface area contributed by atoms with Crippen molar-refractivity contribution < 1.29 is 19.8 Å². The summed E-state index contributed by atoms with van der Waals surface area (Å²) in [6.45, 7) is 4.07. The maximum absolute atomic E-state index is 12.1. The largest absolute Gasteiger partial charge is 0.478 e. The Bertz CT molecular complexity index is 1190. The SMILES string of the molecule is Cc1cc(C2CCCCC2)c(C)c(-c2ccccc2C(=O)O)c1-c1ccccc1C(=O)O. The number of hydrogen-bond acceptors (Lipinski definition) is 2. The van der Waals surface area contributed by atoms with Gasteiger partial charge in [-0.1, -0.05) is 61.7 Å². The Labute approximate surface area is 188 Å². The molecule has 3 aromatic carbocycles. The molecular formula is C28H28O4. The lowest BCUT2D eigenvalue weighted by atomic mass is 9.76. The summed E-state index contributed by atoms with van der Waals surface area (Å²) in [5, 5.41) is 19.8. The van der Waals surface area contributed by atoms with Crippen LogP contribution in [0.5, 0.6) is 0 Å². The third-order valence-electron chi connectivity index (χ3n) is 6.72. The summed E-state index contributed by atoms with van der Waals surface area (Å²) < 4.78 is 0. The number of hydrogen-bond donors (Lipinski definition) is 2. The van der Waals surface area contributed by atoms with Crippen LogP contribution in [-0.2, 0) is 0 Å². The van der Waals surface area contributed by atoms with Crippen molar-refractivity contribution in [2.75, 3.05) is 0 Å². The van der Waals surface area contributed by atoms with Gasteiger partial charge in [0, 0.05) is 0 Å². The first kappa shape index (κ1) is 21.8. The fourth-order valence-electron chi connectivity index (χ4n) is 5.24. The van der Waals surface area contributed by atoms with Crippen molar-refractivity contribution in [1.82, 2.24) is 0 Å². The van der Waals surface area contributed by atoms with Gasteiger partial charge in [-0.3, -0.25) is 0 Å². The lowest BCUT2D eigenvalue weighted by molar-refractivity contribution is 0.0686. The van der Waals surface area contributed by atoms with E-state index in [-0.39, 0.29) is 11.1 Å². The summed E-state index contributed by atoms with van der Waals surface area (Å²) in [7, 11) is 0. The first-order valence-corrected chi connectivity index (χ1v) is 11.2. The van der Waals surface area contributed by atoms with E-state index in [2.05, 4.69) is 13.0 Å². The third kappa shape index (κ3) is 3.93. The minimum atomic E-state index is -0.994. The minimum absolute atomic E-state index is 0.217. The molecule has 0 heterocycles. The Morgan fingerprint density at radius 1 is 0.750 bits per heavy atom. The zero-order valence-electron chi connectivity index (χ0n) is 18.5. The van der Waals surface area contributed by atoms with Crippen LogP contribution in [0.2, 0.25) is 0 Å². The highest BCUT2D eigenvalue weighted by molar-refractivity contribution is 6.04. The van der Waals surface area contributed by atoms with Gasteiger partial charge >= 0.3 is 11.9 Å². The second-order valence-corrected chi connectivity index (χ2v) is 8.69. The van der Waals surface area contributed by atoms with E-state index in [4.69, 9.17) is 0 Å². The lowest BCUT2D eigenvalue weighted by Gasteiger charge is -2.28. The van der Waals surface area contributed by atoms with Crippen molar-refractivity contribution in [3.05, 3.63) is 82.4 Å². The van der Waals surface area contributed by atoms with E-state index in [1.807, 2.05) is 31.2 Å². The number of benzene rings is 3. The topological polar surface area (TPSA) is 74.6 Å². The van der Waals surface area contributed by atoms with Crippen LogP contribution in [0.25, 0.3) is 22.3 Å². The molecule has 2 N–H and O–H groups in total. The molecule has 1 aliphatic rings. The molecule has 3 aromatic rings. The number of carboxylic acids is 2. The molecule has 0 unspecified atom stereocenters. The molecule has 4 heteroatoms. The third-order valence-corrected chi connectivity index (χ3v) is 6.72. The monoisotopic (exact) mass is 428 g/mol. The molecule has 164 valence electrons. The van der Waals surface area contributed by atoms with E-state index in [9.17, 15) is 19.8 Å². The number of aryl methyl sites for hydroxylation is 1. The quantitative estimate of drug-likeness (QED) is 0.455. The van der Waals surface area contributed by atoms with Crippen LogP contribution in [0.15, 0.2) is 54.6 Å². The Morgan fingerprint density at radius 3 is 1.78 bits per heavy atom. The van der Waals surface area contributed by atoms with Crippen molar-refractivity contribution in [2.24, 2.45) is 0 Å². The lowest BCUT2D eigenvalue weighted by Crippen LogP contribution is -2.10. The van der Waals surface area contributed by atoms with Gasteiger partial charge in [-0.25, -0.2) is 9.59 Å². The molecule has 0 bridgehead atoms. The number of aromatic carboxylic acids is 2. The van der Waals surface area contributed by atoms with Crippen LogP contribution in [0.1, 0.15) is 75.4 Å². The van der Waals surface area contributed by atoms with Crippen molar-refractivity contribution in [2.45, 2.75) is 51.9 Å². The fourth-order valence-corrected chi connectivity index (χ4v) is 5.24. The summed E-state index contributed by atoms with van der Waals surface area (Å²) in [5.41, 5.74) is 6.60. The van der Waals surface area contributed by atoms with E-state index < -0.39 is 11.9 Å². The van der Waals surface area contributed by atoms with Gasteiger partial charge in [0.25, 0.3) is 0 Å². The van der Waals surface area contributed by atoms with Gasteiger partial charge in [0.2, 0.25) is 0 Å². The summed E-state index contributed by atoms with van der Waals surface area (Å²) in [6, 6.07) is 16.2. The van der Waals surface area contributed by atoms with Gasteiger partial charge in [0.05, 0.1) is 11.1 Å². The second kappa shape index (κ2) is 8.99. The van der Waals surface area contributed by atoms with Gasteiger partial charge in [-0.05, 0) is 83.7 Å². The second-order valence-electron chi connectivity index (χ2n) is 8.69. The van der Waals surface area contributed by atoms with Crippen LogP contribution in [0, 0.1) is 13.8 Å². The molecule has 4 rings (SSSR count). The molecule has 1 saturated carbocycles. The molecule has 32 heavy (non-hydrogen) atoms. The zero-order chi connectivity index (χ0) is 22.8. The zero-order valence-corrected chi connectivity index (χ0v) is 18.5. The predicted octanol–water partition coefficient (Wildman–Crippen LogP) is 7.08. The standard InChI is InChI=1S/C28H28O4/c1-17-16-24(19-10-4-3-5-11-19)18(2)26(21-13-7-9-15-23(21)28(31)32)25(17)20-12-6-8-14-22(20)27(29)30/h6-9,12-16,19H,3-5,10-11H2,1-2H3,(H,29,30)(H,31,32). The molecule has 0 atom stereocenters. The maximum Gasteiger partial charge on any atom is 0.336 e. The van der Waals surface area contributed by atoms with Crippen LogP contribution in [0.3, 0.4) is 0 Å². The number of carbonyl (C=O) groups is 2. The summed E-state index contributed by atoms with van der Waals surface area (Å²) in [6.07, 6.45) is 5.92. The normalized spacial score (nSPS) is 14.3. The maximum atomic E-state index is 12.1. The Balaban J connectivity index is 2.09. The molecule has 4 nitrogen and oxygen atoms in total. The average Bonchev–Trinajstić information content (AvgIpc) is 2.80. The molecule has 0 amide bonds. The van der Waals surface area contributed by atoms with Crippen molar-refractivity contribution >= 4 is 11.9 Å². The Morgan fingerprint density at radius 2 is 1.25 bits per heavy atom. The fraction of sp³-hybridized carbons (Fsp3) is 0.286. The smallest absolute Gasteiger partial charge is 0.336 e. The van der Waals surface area contributed by atoms with E-state index in [1.54, 1.807) is 24.3 Å². The molecule has 0 aliphatic heterocycles. The average molecular weight is 429 g/mol. The molecule has 1 fully saturated rings. The molecular weight excluding hydrogens is 400 g/mol. The Kier molecular flexibility index (Phi) is 6.13. The van der Waals surface area contributed by atoms with Gasteiger partial charge in [-0.2, -0.15) is 0 Å². The molecule has 0 saturated heterocycles. The van der Waals surface area contributed by atoms with E-state index in [1.165, 1.54) is 24.8 Å². The summed E-state index contributed by atoms with van der Waals surface area (Å²) in [5.74, 6) is -1.54. The van der Waals surface area contributed by atoms with Crippen LogP contribution >= 0.6 is 0 Å². The Hall–Kier alpha value is -3.40. The van der Waals surface area contributed by atoms with Crippen LogP contribution in [-0.4, -0.2) is 22.2 Å². The predicted molar refractivity (Wildman–Crippen MR) is 127 cm³/mol. The highest BCUT2D eigenvalue weighted by Gasteiger charge is 2.26. The number of rotatable bonds is 5. The van der Waals surface area contributed by atoms with Crippen molar-refractivity contribution in [3.8, 4) is 22.3 Å². The van der Waals surface area contributed by atoms with Crippen LogP contribution < -0.4 is 0 Å². The minimum Gasteiger partial charge on any atom is -0.478 e. The van der Waals surface area contributed by atoms with Gasteiger partial charge < -0.3 is 10.2 Å². The van der Waals surface area contributed by atoms with Gasteiger partial charge in [0.15, 0.2) is 0 Å². The van der Waals surface area contributed by atoms with E-state index in [0.717, 1.165) is 35.1 Å². The van der Waals surface area contributed by atoms with Crippen molar-refractivity contribution in [3.63, 3.8) is 0 Å². The molecule has 1 aliphatic carbocycles. The molecule has 0 aromatic heterocycles. The summed E-state index contributed by atoms with van der Waals surface area (Å²) in [4.78, 5) is 24.1. The molecule has 0 spiro atoms. The van der Waals surface area contributed by atoms with Crippen LogP contribution in [0.4, 0.5) is 0 Å². The highest BCUT2D eigenvalue weighted by Crippen LogP contribution is 2.45.